The highest BCUT2D eigenvalue weighted by Gasteiger charge is 2.17. The second-order valence-electron chi connectivity index (χ2n) is 5.32. The Hall–Kier alpha value is -1.46. The Morgan fingerprint density at radius 3 is 2.68 bits per heavy atom. The van der Waals surface area contributed by atoms with Crippen LogP contribution >= 0.6 is 22.7 Å². The zero-order valence-electron chi connectivity index (χ0n) is 12.5. The van der Waals surface area contributed by atoms with Gasteiger partial charge >= 0.3 is 0 Å². The molecule has 22 heavy (non-hydrogen) atoms. The molecule has 2 aromatic carbocycles. The van der Waals surface area contributed by atoms with E-state index in [1.165, 1.54) is 35.8 Å². The van der Waals surface area contributed by atoms with Crippen molar-refractivity contribution in [3.05, 3.63) is 47.3 Å². The average Bonchev–Trinajstić information content (AvgIpc) is 3.12. The predicted octanol–water partition coefficient (Wildman–Crippen LogP) is 5.95. The summed E-state index contributed by atoms with van der Waals surface area (Å²) in [7, 11) is 1.66. The fourth-order valence-corrected chi connectivity index (χ4v) is 5.09. The fraction of sp³-hybridized carbons (Fsp3) is 0.222. The average molecular weight is 328 g/mol. The minimum absolute atomic E-state index is 0.0259. The van der Waals surface area contributed by atoms with Crippen molar-refractivity contribution in [2.45, 2.75) is 13.0 Å². The normalized spacial score (nSPS) is 13.4. The van der Waals surface area contributed by atoms with Crippen molar-refractivity contribution in [3.63, 3.8) is 0 Å². The molecule has 0 aliphatic rings. The van der Waals surface area contributed by atoms with Crippen LogP contribution in [0.3, 0.4) is 0 Å². The molecule has 1 atom stereocenters. The highest BCUT2D eigenvalue weighted by atomic mass is 32.1. The first-order valence-electron chi connectivity index (χ1n) is 7.21. The lowest BCUT2D eigenvalue weighted by Gasteiger charge is -2.12. The number of rotatable bonds is 4. The van der Waals surface area contributed by atoms with Crippen LogP contribution < -0.4 is 0 Å². The van der Waals surface area contributed by atoms with Crippen LogP contribution in [0.4, 0.5) is 0 Å². The lowest BCUT2D eigenvalue weighted by Crippen LogP contribution is -2.02. The molecule has 0 aliphatic heterocycles. The van der Waals surface area contributed by atoms with Crippen LogP contribution in [-0.2, 0) is 9.47 Å². The van der Waals surface area contributed by atoms with E-state index < -0.39 is 0 Å². The molecule has 0 aliphatic carbocycles. The Morgan fingerprint density at radius 2 is 1.82 bits per heavy atom. The summed E-state index contributed by atoms with van der Waals surface area (Å²) < 4.78 is 14.8. The van der Waals surface area contributed by atoms with Crippen molar-refractivity contribution in [2.75, 3.05) is 13.9 Å². The van der Waals surface area contributed by atoms with Crippen LogP contribution in [-0.4, -0.2) is 13.9 Å². The molecule has 0 amide bonds. The minimum Gasteiger partial charge on any atom is -0.359 e. The maximum atomic E-state index is 5.77. The monoisotopic (exact) mass is 328 g/mol. The van der Waals surface area contributed by atoms with Crippen LogP contribution in [0.1, 0.15) is 18.6 Å². The van der Waals surface area contributed by atoms with Crippen molar-refractivity contribution >= 4 is 52.9 Å². The van der Waals surface area contributed by atoms with E-state index in [9.17, 15) is 0 Å². The van der Waals surface area contributed by atoms with Crippen LogP contribution in [0.15, 0.2) is 41.8 Å². The molecule has 0 N–H and O–H groups in total. The van der Waals surface area contributed by atoms with E-state index in [1.807, 2.05) is 11.3 Å². The molecule has 4 aromatic rings. The molecule has 0 saturated carbocycles. The molecule has 0 radical (unpaired) electrons. The van der Waals surface area contributed by atoms with Gasteiger partial charge in [-0.2, -0.15) is 0 Å². The van der Waals surface area contributed by atoms with E-state index in [2.05, 4.69) is 48.7 Å². The van der Waals surface area contributed by atoms with Crippen LogP contribution in [0.25, 0.3) is 30.3 Å². The molecule has 0 bridgehead atoms. The number of thiophene rings is 2. The molecule has 112 valence electrons. The van der Waals surface area contributed by atoms with Gasteiger partial charge in [-0.25, -0.2) is 0 Å². The molecule has 4 rings (SSSR count). The van der Waals surface area contributed by atoms with Gasteiger partial charge in [0.15, 0.2) is 0 Å². The van der Waals surface area contributed by atoms with Gasteiger partial charge in [-0.3, -0.25) is 0 Å². The Labute approximate surface area is 136 Å². The molecule has 2 aromatic heterocycles. The Balaban J connectivity index is 2.02. The summed E-state index contributed by atoms with van der Waals surface area (Å²) in [6.45, 7) is 2.41. The van der Waals surface area contributed by atoms with Crippen molar-refractivity contribution in [1.82, 2.24) is 0 Å². The summed E-state index contributed by atoms with van der Waals surface area (Å²) in [5.74, 6) is 0. The highest BCUT2D eigenvalue weighted by molar-refractivity contribution is 7.26. The largest absolute Gasteiger partial charge is 0.359 e. The standard InChI is InChI=1S/C18H16O2S2/c1-11(20-10-19-2)13-9-21-15-7-8-16-17(18(13)15)12-5-3-4-6-14(12)22-16/h3-9,11H,10H2,1-2H3/t11-/m1/s1. The van der Waals surface area contributed by atoms with Gasteiger partial charge in [0.1, 0.15) is 6.79 Å². The molecular weight excluding hydrogens is 312 g/mol. The van der Waals surface area contributed by atoms with Crippen molar-refractivity contribution in [2.24, 2.45) is 0 Å². The predicted molar refractivity (Wildman–Crippen MR) is 96.1 cm³/mol. The maximum Gasteiger partial charge on any atom is 0.147 e. The lowest BCUT2D eigenvalue weighted by atomic mass is 10.0. The third-order valence-electron chi connectivity index (χ3n) is 3.98. The van der Waals surface area contributed by atoms with Gasteiger partial charge in [-0.1, -0.05) is 18.2 Å². The number of ether oxygens (including phenoxy) is 2. The van der Waals surface area contributed by atoms with Crippen molar-refractivity contribution in [1.29, 1.82) is 0 Å². The molecule has 4 heteroatoms. The van der Waals surface area contributed by atoms with E-state index in [0.717, 1.165) is 0 Å². The molecule has 0 spiro atoms. The number of fused-ring (bicyclic) bond motifs is 5. The Kier molecular flexibility index (Phi) is 3.62. The topological polar surface area (TPSA) is 18.5 Å². The first-order chi connectivity index (χ1) is 10.8. The Bertz CT molecular complexity index is 952. The van der Waals surface area contributed by atoms with Crippen LogP contribution in [0, 0.1) is 0 Å². The van der Waals surface area contributed by atoms with Crippen molar-refractivity contribution < 1.29 is 9.47 Å². The summed E-state index contributed by atoms with van der Waals surface area (Å²) >= 11 is 3.64. The number of hydrogen-bond acceptors (Lipinski definition) is 4. The summed E-state index contributed by atoms with van der Waals surface area (Å²) in [5.41, 5.74) is 1.26. The SMILES string of the molecule is COCO[C@H](C)c1csc2ccc3sc4ccccc4c3c12. The Morgan fingerprint density at radius 1 is 1.00 bits per heavy atom. The maximum absolute atomic E-state index is 5.77. The highest BCUT2D eigenvalue weighted by Crippen LogP contribution is 2.43. The summed E-state index contributed by atoms with van der Waals surface area (Å²) in [6.07, 6.45) is 0.0259. The van der Waals surface area contributed by atoms with Gasteiger partial charge in [-0.15, -0.1) is 22.7 Å². The second-order valence-corrected chi connectivity index (χ2v) is 7.31. The molecule has 2 nitrogen and oxygen atoms in total. The zero-order valence-corrected chi connectivity index (χ0v) is 14.1. The van der Waals surface area contributed by atoms with E-state index in [4.69, 9.17) is 9.47 Å². The van der Waals surface area contributed by atoms with Gasteiger partial charge in [0.05, 0.1) is 6.10 Å². The van der Waals surface area contributed by atoms with E-state index >= 15 is 0 Å². The van der Waals surface area contributed by atoms with Crippen molar-refractivity contribution in [3.8, 4) is 0 Å². The van der Waals surface area contributed by atoms with E-state index in [1.54, 1.807) is 18.4 Å². The fourth-order valence-electron chi connectivity index (χ4n) is 2.93. The lowest BCUT2D eigenvalue weighted by molar-refractivity contribution is -0.0660. The molecule has 2 heterocycles. The zero-order chi connectivity index (χ0) is 15.1. The van der Waals surface area contributed by atoms with E-state index in [0.29, 0.717) is 6.79 Å². The van der Waals surface area contributed by atoms with Gasteiger partial charge < -0.3 is 9.47 Å². The van der Waals surface area contributed by atoms with Gasteiger partial charge in [0.25, 0.3) is 0 Å². The minimum atomic E-state index is 0.0259. The van der Waals surface area contributed by atoms with Crippen LogP contribution in [0.2, 0.25) is 0 Å². The number of methoxy groups -OCH3 is 1. The number of hydrogen-bond donors (Lipinski definition) is 0. The molecule has 0 unspecified atom stereocenters. The molecule has 0 saturated heterocycles. The molecular formula is C18H16O2S2. The summed E-state index contributed by atoms with van der Waals surface area (Å²) in [5, 5.41) is 6.26. The quantitative estimate of drug-likeness (QED) is 0.431. The van der Waals surface area contributed by atoms with Gasteiger partial charge in [-0.05, 0) is 36.1 Å². The smallest absolute Gasteiger partial charge is 0.147 e. The van der Waals surface area contributed by atoms with E-state index in [-0.39, 0.29) is 6.10 Å². The first-order valence-corrected chi connectivity index (χ1v) is 8.91. The van der Waals surface area contributed by atoms with Crippen LogP contribution in [0.5, 0.6) is 0 Å². The first kappa shape index (κ1) is 14.2. The second kappa shape index (κ2) is 5.63. The number of benzene rings is 2. The summed E-state index contributed by atoms with van der Waals surface area (Å²) in [6, 6.07) is 13.1. The third kappa shape index (κ3) is 2.15. The van der Waals surface area contributed by atoms with Gasteiger partial charge in [0.2, 0.25) is 0 Å². The van der Waals surface area contributed by atoms with Gasteiger partial charge in [0, 0.05) is 37.4 Å². The third-order valence-corrected chi connectivity index (χ3v) is 6.08. The molecule has 0 fully saturated rings. The summed E-state index contributed by atoms with van der Waals surface area (Å²) in [4.78, 5) is 0.